The zero-order valence-corrected chi connectivity index (χ0v) is 12.3. The smallest absolute Gasteiger partial charge is 0.256 e. The van der Waals surface area contributed by atoms with Crippen molar-refractivity contribution in [3.63, 3.8) is 0 Å². The number of hydrogen-bond acceptors (Lipinski definition) is 1. The number of nitrogens with zero attached hydrogens (tertiary/aromatic N) is 1. The molecule has 3 heteroatoms. The Labute approximate surface area is 124 Å². The average Bonchev–Trinajstić information content (AvgIpc) is 2.97. The molecule has 0 aliphatic heterocycles. The molecule has 1 amide bonds. The van der Waals surface area contributed by atoms with Crippen LogP contribution in [0, 0.1) is 6.92 Å². The minimum Gasteiger partial charge on any atom is -0.361 e. The number of H-pyrrole nitrogens is 1. The topological polar surface area (TPSA) is 36.1 Å². The fraction of sp³-hybridized carbons (Fsp3) is 0.167. The standard InChI is InChI=1S/C18H18N2O/c1-13-6-8-14(9-7-13)12-20(2)18(21)16-5-3-4-15-10-11-19-17(15)16/h3-11,19H,12H2,1-2H3. The van der Waals surface area contributed by atoms with Crippen molar-refractivity contribution in [1.29, 1.82) is 0 Å². The molecule has 0 atom stereocenters. The first-order valence-electron chi connectivity index (χ1n) is 7.02. The quantitative estimate of drug-likeness (QED) is 0.778. The fourth-order valence-electron chi connectivity index (χ4n) is 2.51. The third-order valence-corrected chi connectivity index (χ3v) is 3.70. The molecule has 3 aromatic rings. The molecule has 0 spiro atoms. The van der Waals surface area contributed by atoms with Gasteiger partial charge in [0.1, 0.15) is 0 Å². The molecule has 0 aliphatic carbocycles. The van der Waals surface area contributed by atoms with Gasteiger partial charge in [0.15, 0.2) is 0 Å². The average molecular weight is 278 g/mol. The number of aromatic nitrogens is 1. The van der Waals surface area contributed by atoms with E-state index < -0.39 is 0 Å². The predicted molar refractivity (Wildman–Crippen MR) is 85.3 cm³/mol. The van der Waals surface area contributed by atoms with Crippen LogP contribution in [0.25, 0.3) is 10.9 Å². The monoisotopic (exact) mass is 278 g/mol. The first-order valence-corrected chi connectivity index (χ1v) is 7.02. The molecule has 2 aromatic carbocycles. The maximum atomic E-state index is 12.6. The molecule has 0 aliphatic rings. The molecule has 3 rings (SSSR count). The van der Waals surface area contributed by atoms with Gasteiger partial charge in [-0.2, -0.15) is 0 Å². The van der Waals surface area contributed by atoms with Crippen LogP contribution < -0.4 is 0 Å². The second kappa shape index (κ2) is 5.44. The summed E-state index contributed by atoms with van der Waals surface area (Å²) in [5, 5.41) is 1.06. The normalized spacial score (nSPS) is 10.8. The van der Waals surface area contributed by atoms with Gasteiger partial charge >= 0.3 is 0 Å². The van der Waals surface area contributed by atoms with E-state index in [9.17, 15) is 4.79 Å². The van der Waals surface area contributed by atoms with Crippen LogP contribution in [-0.4, -0.2) is 22.8 Å². The van der Waals surface area contributed by atoms with E-state index in [2.05, 4.69) is 36.2 Å². The Morgan fingerprint density at radius 3 is 2.62 bits per heavy atom. The van der Waals surface area contributed by atoms with Crippen LogP contribution >= 0.6 is 0 Å². The Morgan fingerprint density at radius 2 is 1.86 bits per heavy atom. The van der Waals surface area contributed by atoms with Gasteiger partial charge in [-0.1, -0.05) is 42.0 Å². The van der Waals surface area contributed by atoms with Crippen molar-refractivity contribution in [2.75, 3.05) is 7.05 Å². The van der Waals surface area contributed by atoms with Crippen LogP contribution in [0.5, 0.6) is 0 Å². The second-order valence-corrected chi connectivity index (χ2v) is 5.39. The van der Waals surface area contributed by atoms with Crippen LogP contribution in [0.4, 0.5) is 0 Å². The summed E-state index contributed by atoms with van der Waals surface area (Å²) in [6, 6.07) is 16.0. The van der Waals surface area contributed by atoms with Crippen molar-refractivity contribution in [1.82, 2.24) is 9.88 Å². The Balaban J connectivity index is 1.84. The van der Waals surface area contributed by atoms with E-state index in [1.54, 1.807) is 4.90 Å². The van der Waals surface area contributed by atoms with Gasteiger partial charge in [0.25, 0.3) is 5.91 Å². The van der Waals surface area contributed by atoms with Gasteiger partial charge < -0.3 is 9.88 Å². The van der Waals surface area contributed by atoms with Crippen LogP contribution in [0.2, 0.25) is 0 Å². The van der Waals surface area contributed by atoms with Gasteiger partial charge in [0, 0.05) is 25.2 Å². The minimum absolute atomic E-state index is 0.0311. The number of amides is 1. The highest BCUT2D eigenvalue weighted by Crippen LogP contribution is 2.19. The van der Waals surface area contributed by atoms with E-state index in [-0.39, 0.29) is 5.91 Å². The Morgan fingerprint density at radius 1 is 1.10 bits per heavy atom. The summed E-state index contributed by atoms with van der Waals surface area (Å²) in [6.45, 7) is 2.67. The van der Waals surface area contributed by atoms with Gasteiger partial charge in [-0.25, -0.2) is 0 Å². The molecule has 0 saturated carbocycles. The third kappa shape index (κ3) is 2.68. The van der Waals surface area contributed by atoms with Gasteiger partial charge in [0.05, 0.1) is 11.1 Å². The number of hydrogen-bond donors (Lipinski definition) is 1. The van der Waals surface area contributed by atoms with E-state index in [1.807, 2.05) is 37.5 Å². The molecule has 106 valence electrons. The molecular weight excluding hydrogens is 260 g/mol. The highest BCUT2D eigenvalue weighted by atomic mass is 16.2. The number of aromatic amines is 1. The lowest BCUT2D eigenvalue weighted by atomic mass is 10.1. The van der Waals surface area contributed by atoms with Gasteiger partial charge in [-0.05, 0) is 24.6 Å². The van der Waals surface area contributed by atoms with Crippen LogP contribution in [0.3, 0.4) is 0 Å². The molecule has 0 saturated heterocycles. The van der Waals surface area contributed by atoms with Gasteiger partial charge in [0.2, 0.25) is 0 Å². The fourth-order valence-corrected chi connectivity index (χ4v) is 2.51. The predicted octanol–water partition coefficient (Wildman–Crippen LogP) is 3.75. The number of rotatable bonds is 3. The molecule has 3 nitrogen and oxygen atoms in total. The van der Waals surface area contributed by atoms with Crippen molar-refractivity contribution >= 4 is 16.8 Å². The summed E-state index contributed by atoms with van der Waals surface area (Å²) in [6.07, 6.45) is 1.86. The van der Waals surface area contributed by atoms with Crippen molar-refractivity contribution in [3.05, 3.63) is 71.4 Å². The molecule has 1 N–H and O–H groups in total. The summed E-state index contributed by atoms with van der Waals surface area (Å²) in [5.41, 5.74) is 3.98. The second-order valence-electron chi connectivity index (χ2n) is 5.39. The number of para-hydroxylation sites is 1. The largest absolute Gasteiger partial charge is 0.361 e. The molecule has 1 heterocycles. The molecule has 21 heavy (non-hydrogen) atoms. The van der Waals surface area contributed by atoms with E-state index in [4.69, 9.17) is 0 Å². The molecular formula is C18H18N2O. The van der Waals surface area contributed by atoms with Crippen LogP contribution in [0.15, 0.2) is 54.7 Å². The number of aryl methyl sites for hydroxylation is 1. The number of carbonyl (C=O) groups is 1. The summed E-state index contributed by atoms with van der Waals surface area (Å²) in [4.78, 5) is 17.5. The number of carbonyl (C=O) groups excluding carboxylic acids is 1. The lowest BCUT2D eigenvalue weighted by Crippen LogP contribution is -2.26. The van der Waals surface area contributed by atoms with Gasteiger partial charge in [-0.3, -0.25) is 4.79 Å². The summed E-state index contributed by atoms with van der Waals surface area (Å²) < 4.78 is 0. The van der Waals surface area contributed by atoms with E-state index in [0.717, 1.165) is 16.5 Å². The molecule has 0 radical (unpaired) electrons. The lowest BCUT2D eigenvalue weighted by molar-refractivity contribution is 0.0787. The molecule has 1 aromatic heterocycles. The minimum atomic E-state index is 0.0311. The summed E-state index contributed by atoms with van der Waals surface area (Å²) in [7, 11) is 1.84. The van der Waals surface area contributed by atoms with Crippen LogP contribution in [-0.2, 0) is 6.54 Å². The highest BCUT2D eigenvalue weighted by molar-refractivity contribution is 6.05. The first-order chi connectivity index (χ1) is 10.1. The van der Waals surface area contributed by atoms with Gasteiger partial charge in [-0.15, -0.1) is 0 Å². The maximum absolute atomic E-state index is 12.6. The number of fused-ring (bicyclic) bond motifs is 1. The molecule has 0 bridgehead atoms. The van der Waals surface area contributed by atoms with E-state index in [0.29, 0.717) is 12.1 Å². The third-order valence-electron chi connectivity index (χ3n) is 3.70. The van der Waals surface area contributed by atoms with Crippen LogP contribution in [0.1, 0.15) is 21.5 Å². The Kier molecular flexibility index (Phi) is 3.48. The summed E-state index contributed by atoms with van der Waals surface area (Å²) >= 11 is 0. The van der Waals surface area contributed by atoms with E-state index in [1.165, 1.54) is 5.56 Å². The lowest BCUT2D eigenvalue weighted by Gasteiger charge is -2.18. The Bertz CT molecular complexity index is 771. The van der Waals surface area contributed by atoms with E-state index >= 15 is 0 Å². The molecule has 0 unspecified atom stereocenters. The SMILES string of the molecule is Cc1ccc(CN(C)C(=O)c2cccc3cc[nH]c23)cc1. The molecule has 0 fully saturated rings. The first kappa shape index (κ1) is 13.4. The Hall–Kier alpha value is -2.55. The zero-order valence-electron chi connectivity index (χ0n) is 12.3. The zero-order chi connectivity index (χ0) is 14.8. The van der Waals surface area contributed by atoms with Crippen molar-refractivity contribution < 1.29 is 4.79 Å². The number of nitrogens with one attached hydrogen (secondary N) is 1. The van der Waals surface area contributed by atoms with Crippen molar-refractivity contribution in [2.24, 2.45) is 0 Å². The van der Waals surface area contributed by atoms with Crippen molar-refractivity contribution in [2.45, 2.75) is 13.5 Å². The summed E-state index contributed by atoms with van der Waals surface area (Å²) in [5.74, 6) is 0.0311. The maximum Gasteiger partial charge on any atom is 0.256 e. The highest BCUT2D eigenvalue weighted by Gasteiger charge is 2.15. The number of benzene rings is 2. The van der Waals surface area contributed by atoms with Crippen molar-refractivity contribution in [3.8, 4) is 0 Å².